The number of carbonyl (C=O) groups is 3. The second-order valence-electron chi connectivity index (χ2n) is 10.5. The maximum atomic E-state index is 13.1. The molecule has 1 fully saturated rings. The summed E-state index contributed by atoms with van der Waals surface area (Å²) in [5.41, 5.74) is 3.18. The minimum Gasteiger partial charge on any atom is -0.481 e. The molecule has 0 aliphatic heterocycles. The number of fused-ring (bicyclic) bond motifs is 3. The summed E-state index contributed by atoms with van der Waals surface area (Å²) in [5, 5.41) is 14.9. The number of benzene rings is 2. The molecular weight excluding hydrogens is 432 g/mol. The molecule has 0 aromatic heterocycles. The van der Waals surface area contributed by atoms with E-state index in [1.54, 1.807) is 0 Å². The molecule has 2 aliphatic carbocycles. The summed E-state index contributed by atoms with van der Waals surface area (Å²) < 4.78 is 5.63. The van der Waals surface area contributed by atoms with Gasteiger partial charge < -0.3 is 20.5 Å². The van der Waals surface area contributed by atoms with Crippen molar-refractivity contribution in [3.63, 3.8) is 0 Å². The summed E-state index contributed by atoms with van der Waals surface area (Å²) in [7, 11) is 0. The Hall–Kier alpha value is -3.35. The Labute approximate surface area is 199 Å². The van der Waals surface area contributed by atoms with Gasteiger partial charge >= 0.3 is 12.1 Å². The molecule has 0 saturated heterocycles. The molecule has 2 aromatic carbocycles. The van der Waals surface area contributed by atoms with Gasteiger partial charge in [-0.3, -0.25) is 9.59 Å². The van der Waals surface area contributed by atoms with E-state index in [2.05, 4.69) is 22.8 Å². The van der Waals surface area contributed by atoms with Crippen molar-refractivity contribution in [2.24, 2.45) is 5.41 Å². The topological polar surface area (TPSA) is 105 Å². The van der Waals surface area contributed by atoms with Crippen LogP contribution in [0.2, 0.25) is 0 Å². The van der Waals surface area contributed by atoms with Gasteiger partial charge in [-0.15, -0.1) is 0 Å². The lowest BCUT2D eigenvalue weighted by molar-refractivity contribution is -0.141. The van der Waals surface area contributed by atoms with Crippen LogP contribution in [0.3, 0.4) is 0 Å². The number of carboxylic acids is 1. The van der Waals surface area contributed by atoms with E-state index < -0.39 is 29.1 Å². The van der Waals surface area contributed by atoms with Gasteiger partial charge in [0.15, 0.2) is 0 Å². The number of carbonyl (C=O) groups excluding carboxylic acids is 2. The first-order valence-electron chi connectivity index (χ1n) is 11.7. The van der Waals surface area contributed by atoms with Crippen molar-refractivity contribution in [2.75, 3.05) is 6.61 Å². The molecule has 0 spiro atoms. The third kappa shape index (κ3) is 4.79. The zero-order chi connectivity index (χ0) is 24.5. The lowest BCUT2D eigenvalue weighted by atomic mass is 9.73. The Bertz CT molecular complexity index is 1050. The molecule has 1 unspecified atom stereocenters. The maximum Gasteiger partial charge on any atom is 0.407 e. The fourth-order valence-electron chi connectivity index (χ4n) is 5.01. The van der Waals surface area contributed by atoms with Crippen LogP contribution in [0.15, 0.2) is 48.5 Å². The summed E-state index contributed by atoms with van der Waals surface area (Å²) in [6, 6.07) is 15.3. The van der Waals surface area contributed by atoms with E-state index in [0.29, 0.717) is 12.8 Å². The molecule has 2 aliphatic rings. The monoisotopic (exact) mass is 464 g/mol. The van der Waals surface area contributed by atoms with Crippen LogP contribution in [0.25, 0.3) is 11.1 Å². The van der Waals surface area contributed by atoms with Gasteiger partial charge in [0.2, 0.25) is 5.91 Å². The number of aliphatic carboxylic acids is 1. The highest BCUT2D eigenvalue weighted by molar-refractivity contribution is 5.87. The Morgan fingerprint density at radius 1 is 1.03 bits per heavy atom. The highest BCUT2D eigenvalue weighted by Gasteiger charge is 2.44. The Kier molecular flexibility index (Phi) is 6.39. The summed E-state index contributed by atoms with van der Waals surface area (Å²) in [6.45, 7) is 5.71. The average Bonchev–Trinajstić information content (AvgIpc) is 3.07. The smallest absolute Gasteiger partial charge is 0.407 e. The molecule has 0 radical (unpaired) electrons. The van der Waals surface area contributed by atoms with E-state index in [4.69, 9.17) is 4.74 Å². The summed E-state index contributed by atoms with van der Waals surface area (Å²) in [4.78, 5) is 37.2. The zero-order valence-corrected chi connectivity index (χ0v) is 19.9. The number of alkyl carbamates (subject to hydrolysis) is 1. The van der Waals surface area contributed by atoms with Gasteiger partial charge in [-0.1, -0.05) is 69.3 Å². The van der Waals surface area contributed by atoms with Gasteiger partial charge in [0.25, 0.3) is 0 Å². The van der Waals surface area contributed by atoms with E-state index in [1.807, 2.05) is 57.2 Å². The van der Waals surface area contributed by atoms with Crippen LogP contribution in [0.5, 0.6) is 0 Å². The first kappa shape index (κ1) is 23.8. The first-order valence-corrected chi connectivity index (χ1v) is 11.7. The maximum absolute atomic E-state index is 13.1. The van der Waals surface area contributed by atoms with Crippen LogP contribution < -0.4 is 10.6 Å². The van der Waals surface area contributed by atoms with Crippen molar-refractivity contribution in [2.45, 2.75) is 64.0 Å². The number of amides is 2. The van der Waals surface area contributed by atoms with Crippen molar-refractivity contribution in [1.29, 1.82) is 0 Å². The molecule has 7 heteroatoms. The number of hydrogen-bond acceptors (Lipinski definition) is 4. The number of nitrogens with one attached hydrogen (secondary N) is 2. The van der Waals surface area contributed by atoms with E-state index in [-0.39, 0.29) is 24.9 Å². The van der Waals surface area contributed by atoms with Gasteiger partial charge in [-0.05, 0) is 46.9 Å². The fraction of sp³-hybridized carbons (Fsp3) is 0.444. The fourth-order valence-corrected chi connectivity index (χ4v) is 5.01. The van der Waals surface area contributed by atoms with Crippen LogP contribution in [0, 0.1) is 5.41 Å². The lowest BCUT2D eigenvalue weighted by Crippen LogP contribution is -2.62. The van der Waals surface area contributed by atoms with Crippen molar-refractivity contribution in [3.8, 4) is 11.1 Å². The molecule has 7 nitrogen and oxygen atoms in total. The van der Waals surface area contributed by atoms with Crippen LogP contribution >= 0.6 is 0 Å². The molecular formula is C27H32N2O5. The normalized spacial score (nSPS) is 17.0. The third-order valence-corrected chi connectivity index (χ3v) is 6.92. The van der Waals surface area contributed by atoms with Crippen LogP contribution in [0.1, 0.15) is 63.5 Å². The van der Waals surface area contributed by atoms with Crippen LogP contribution in [-0.4, -0.2) is 41.3 Å². The Morgan fingerprint density at radius 2 is 1.59 bits per heavy atom. The predicted molar refractivity (Wildman–Crippen MR) is 128 cm³/mol. The molecule has 1 atom stereocenters. The Balaban J connectivity index is 1.43. The molecule has 3 N–H and O–H groups in total. The zero-order valence-electron chi connectivity index (χ0n) is 19.9. The largest absolute Gasteiger partial charge is 0.481 e. The minimum atomic E-state index is -0.947. The molecule has 2 aromatic rings. The molecule has 0 bridgehead atoms. The van der Waals surface area contributed by atoms with Gasteiger partial charge in [0, 0.05) is 5.92 Å². The van der Waals surface area contributed by atoms with Crippen molar-refractivity contribution in [3.05, 3.63) is 59.7 Å². The van der Waals surface area contributed by atoms with Gasteiger partial charge in [-0.25, -0.2) is 4.79 Å². The number of hydrogen-bond donors (Lipinski definition) is 3. The highest BCUT2D eigenvalue weighted by atomic mass is 16.5. The lowest BCUT2D eigenvalue weighted by Gasteiger charge is -2.43. The molecule has 34 heavy (non-hydrogen) atoms. The standard InChI is InChI=1S/C27H32N2O5/c1-26(2,3)23(24(32)29-27(13-8-14-27)15-22(30)31)28-25(33)34-16-21-19-11-6-4-9-17(19)18-10-5-7-12-20(18)21/h4-7,9-12,21,23H,8,13-16H2,1-3H3,(H,28,33)(H,29,32)(H,30,31). The molecule has 180 valence electrons. The summed E-state index contributed by atoms with van der Waals surface area (Å²) >= 11 is 0. The predicted octanol–water partition coefficient (Wildman–Crippen LogP) is 4.45. The van der Waals surface area contributed by atoms with E-state index >= 15 is 0 Å². The quantitative estimate of drug-likeness (QED) is 0.561. The third-order valence-electron chi connectivity index (χ3n) is 6.92. The number of ether oxygens (including phenoxy) is 1. The highest BCUT2D eigenvalue weighted by Crippen LogP contribution is 2.44. The Morgan fingerprint density at radius 3 is 2.06 bits per heavy atom. The number of rotatable bonds is 7. The minimum absolute atomic E-state index is 0.0751. The molecule has 4 rings (SSSR count). The number of carboxylic acid groups (broad SMARTS) is 1. The van der Waals surface area contributed by atoms with Crippen molar-refractivity contribution in [1.82, 2.24) is 10.6 Å². The van der Waals surface area contributed by atoms with Gasteiger partial charge in [0.05, 0.1) is 12.0 Å². The van der Waals surface area contributed by atoms with E-state index in [1.165, 1.54) is 0 Å². The van der Waals surface area contributed by atoms with Crippen molar-refractivity contribution < 1.29 is 24.2 Å². The van der Waals surface area contributed by atoms with Gasteiger partial charge in [-0.2, -0.15) is 0 Å². The van der Waals surface area contributed by atoms with Crippen LogP contribution in [0.4, 0.5) is 4.79 Å². The molecule has 2 amide bonds. The SMILES string of the molecule is CC(C)(C)C(NC(=O)OCC1c2ccccc2-c2ccccc21)C(=O)NC1(CC(=O)O)CCC1. The van der Waals surface area contributed by atoms with E-state index in [9.17, 15) is 19.5 Å². The molecule has 0 heterocycles. The van der Waals surface area contributed by atoms with E-state index in [0.717, 1.165) is 28.7 Å². The summed E-state index contributed by atoms with van der Waals surface area (Å²) in [5.74, 6) is -1.41. The second kappa shape index (κ2) is 9.12. The molecule has 1 saturated carbocycles. The average molecular weight is 465 g/mol. The first-order chi connectivity index (χ1) is 16.1. The second-order valence-corrected chi connectivity index (χ2v) is 10.5. The van der Waals surface area contributed by atoms with Crippen molar-refractivity contribution >= 4 is 18.0 Å². The summed E-state index contributed by atoms with van der Waals surface area (Å²) in [6.07, 6.45) is 1.31. The van der Waals surface area contributed by atoms with Crippen LogP contribution in [-0.2, 0) is 14.3 Å². The van der Waals surface area contributed by atoms with Gasteiger partial charge in [0.1, 0.15) is 12.6 Å².